The van der Waals surface area contributed by atoms with Crippen molar-refractivity contribution in [1.82, 2.24) is 5.32 Å². The summed E-state index contributed by atoms with van der Waals surface area (Å²) in [6.45, 7) is 1.57. The van der Waals surface area contributed by atoms with Gasteiger partial charge in [0, 0.05) is 6.54 Å². The van der Waals surface area contributed by atoms with Crippen LogP contribution in [0.2, 0.25) is 0 Å². The molecule has 11 heavy (non-hydrogen) atoms. The standard InChI is InChI=1S/C7H12N2O2/c1-2-3-9-4-5-11-6-7(8)10/h1,9H,3-6H2,(H2,8,10). The van der Waals surface area contributed by atoms with Crippen molar-refractivity contribution in [3.05, 3.63) is 0 Å². The van der Waals surface area contributed by atoms with Crippen molar-refractivity contribution in [3.8, 4) is 12.3 Å². The van der Waals surface area contributed by atoms with Gasteiger partial charge in [0.25, 0.3) is 0 Å². The van der Waals surface area contributed by atoms with Gasteiger partial charge in [-0.2, -0.15) is 0 Å². The minimum absolute atomic E-state index is 0.0300. The smallest absolute Gasteiger partial charge is 0.243 e. The van der Waals surface area contributed by atoms with Gasteiger partial charge in [-0.25, -0.2) is 0 Å². The second kappa shape index (κ2) is 7.06. The summed E-state index contributed by atoms with van der Waals surface area (Å²) < 4.78 is 4.84. The van der Waals surface area contributed by atoms with E-state index < -0.39 is 5.91 Å². The summed E-state index contributed by atoms with van der Waals surface area (Å²) in [5.41, 5.74) is 4.82. The first kappa shape index (κ1) is 9.95. The highest BCUT2D eigenvalue weighted by molar-refractivity contribution is 5.74. The summed E-state index contributed by atoms with van der Waals surface area (Å²) >= 11 is 0. The summed E-state index contributed by atoms with van der Waals surface area (Å²) in [6, 6.07) is 0. The fraction of sp³-hybridized carbons (Fsp3) is 0.571. The summed E-state index contributed by atoms with van der Waals surface area (Å²) in [4.78, 5) is 10.1. The van der Waals surface area contributed by atoms with E-state index in [9.17, 15) is 4.79 Å². The van der Waals surface area contributed by atoms with E-state index in [0.717, 1.165) is 0 Å². The Labute approximate surface area is 66.1 Å². The molecular weight excluding hydrogens is 144 g/mol. The molecule has 4 heteroatoms. The average molecular weight is 156 g/mol. The third kappa shape index (κ3) is 8.95. The van der Waals surface area contributed by atoms with Crippen LogP contribution in [0.5, 0.6) is 0 Å². The van der Waals surface area contributed by atoms with Gasteiger partial charge in [0.1, 0.15) is 6.61 Å². The predicted molar refractivity (Wildman–Crippen MR) is 41.7 cm³/mol. The van der Waals surface area contributed by atoms with Gasteiger partial charge in [-0.1, -0.05) is 5.92 Å². The molecule has 0 heterocycles. The van der Waals surface area contributed by atoms with Crippen molar-refractivity contribution in [2.45, 2.75) is 0 Å². The molecule has 0 saturated carbocycles. The molecule has 0 aliphatic rings. The van der Waals surface area contributed by atoms with Crippen LogP contribution in [0.15, 0.2) is 0 Å². The number of primary amides is 1. The number of carbonyl (C=O) groups is 1. The van der Waals surface area contributed by atoms with Crippen LogP contribution >= 0.6 is 0 Å². The van der Waals surface area contributed by atoms with Gasteiger partial charge in [-0.15, -0.1) is 6.42 Å². The monoisotopic (exact) mass is 156 g/mol. The number of nitrogens with two attached hydrogens (primary N) is 1. The lowest BCUT2D eigenvalue weighted by Crippen LogP contribution is -2.24. The van der Waals surface area contributed by atoms with Gasteiger partial charge >= 0.3 is 0 Å². The topological polar surface area (TPSA) is 64.3 Å². The lowest BCUT2D eigenvalue weighted by Gasteiger charge is -2.00. The van der Waals surface area contributed by atoms with Crippen molar-refractivity contribution in [2.24, 2.45) is 5.73 Å². The van der Waals surface area contributed by atoms with Gasteiger partial charge in [0.15, 0.2) is 0 Å². The molecule has 0 fully saturated rings. The van der Waals surface area contributed by atoms with Gasteiger partial charge in [-0.3, -0.25) is 4.79 Å². The quantitative estimate of drug-likeness (QED) is 0.371. The minimum atomic E-state index is -0.457. The molecule has 0 aromatic carbocycles. The number of hydrogen-bond acceptors (Lipinski definition) is 3. The maximum absolute atomic E-state index is 10.1. The Balaban J connectivity index is 2.92. The van der Waals surface area contributed by atoms with Crippen molar-refractivity contribution >= 4 is 5.91 Å². The number of terminal acetylenes is 1. The highest BCUT2D eigenvalue weighted by atomic mass is 16.5. The van der Waals surface area contributed by atoms with Crippen molar-refractivity contribution in [2.75, 3.05) is 26.3 Å². The molecule has 0 aromatic rings. The number of hydrogen-bond donors (Lipinski definition) is 2. The average Bonchev–Trinajstić information content (AvgIpc) is 1.96. The van der Waals surface area contributed by atoms with Crippen molar-refractivity contribution in [3.63, 3.8) is 0 Å². The fourth-order valence-corrected chi connectivity index (χ4v) is 0.478. The minimum Gasteiger partial charge on any atom is -0.370 e. The van der Waals surface area contributed by atoms with Crippen LogP contribution in [-0.2, 0) is 9.53 Å². The highest BCUT2D eigenvalue weighted by Crippen LogP contribution is 1.70. The molecule has 3 N–H and O–H groups in total. The summed E-state index contributed by atoms with van der Waals surface area (Å²) in [5.74, 6) is 1.95. The molecule has 0 atom stereocenters. The summed E-state index contributed by atoms with van der Waals surface area (Å²) in [7, 11) is 0. The largest absolute Gasteiger partial charge is 0.370 e. The maximum atomic E-state index is 10.1. The third-order valence-electron chi connectivity index (χ3n) is 0.895. The van der Waals surface area contributed by atoms with Crippen molar-refractivity contribution in [1.29, 1.82) is 0 Å². The number of carbonyl (C=O) groups excluding carboxylic acids is 1. The zero-order valence-corrected chi connectivity index (χ0v) is 6.30. The molecule has 62 valence electrons. The zero-order chi connectivity index (χ0) is 8.53. The maximum Gasteiger partial charge on any atom is 0.243 e. The molecular formula is C7H12N2O2. The Morgan fingerprint density at radius 1 is 1.73 bits per heavy atom. The van der Waals surface area contributed by atoms with Crippen LogP contribution in [0, 0.1) is 12.3 Å². The fourth-order valence-electron chi connectivity index (χ4n) is 0.478. The third-order valence-corrected chi connectivity index (χ3v) is 0.895. The first-order valence-corrected chi connectivity index (χ1v) is 3.27. The first-order valence-electron chi connectivity index (χ1n) is 3.27. The lowest BCUT2D eigenvalue weighted by atomic mass is 10.6. The number of rotatable bonds is 6. The normalized spacial score (nSPS) is 9.00. The van der Waals surface area contributed by atoms with E-state index in [1.807, 2.05) is 0 Å². The second-order valence-corrected chi connectivity index (χ2v) is 1.90. The SMILES string of the molecule is C#CCNCCOCC(N)=O. The van der Waals surface area contributed by atoms with E-state index in [1.165, 1.54) is 0 Å². The van der Waals surface area contributed by atoms with E-state index in [2.05, 4.69) is 11.2 Å². The van der Waals surface area contributed by atoms with Gasteiger partial charge in [-0.05, 0) is 0 Å². The summed E-state index contributed by atoms with van der Waals surface area (Å²) in [6.07, 6.45) is 4.96. The molecule has 0 aromatic heterocycles. The van der Waals surface area contributed by atoms with Crippen LogP contribution in [0.1, 0.15) is 0 Å². The number of ether oxygens (including phenoxy) is 1. The molecule has 4 nitrogen and oxygen atoms in total. The van der Waals surface area contributed by atoms with Gasteiger partial charge in [0.05, 0.1) is 13.2 Å². The molecule has 0 saturated heterocycles. The summed E-state index contributed by atoms with van der Waals surface area (Å²) in [5, 5.41) is 2.90. The molecule has 0 rings (SSSR count). The van der Waals surface area contributed by atoms with E-state index >= 15 is 0 Å². The van der Waals surface area contributed by atoms with Crippen LogP contribution < -0.4 is 11.1 Å². The Bertz CT molecular complexity index is 151. The molecule has 0 aliphatic heterocycles. The molecule has 0 radical (unpaired) electrons. The lowest BCUT2D eigenvalue weighted by molar-refractivity contribution is -0.122. The molecule has 0 bridgehead atoms. The Morgan fingerprint density at radius 3 is 3.00 bits per heavy atom. The van der Waals surface area contributed by atoms with Crippen LogP contribution in [-0.4, -0.2) is 32.2 Å². The molecule has 0 unspecified atom stereocenters. The molecule has 0 aliphatic carbocycles. The Hall–Kier alpha value is -1.05. The highest BCUT2D eigenvalue weighted by Gasteiger charge is 1.91. The van der Waals surface area contributed by atoms with E-state index in [-0.39, 0.29) is 6.61 Å². The van der Waals surface area contributed by atoms with Crippen LogP contribution in [0.3, 0.4) is 0 Å². The van der Waals surface area contributed by atoms with Crippen LogP contribution in [0.25, 0.3) is 0 Å². The predicted octanol–water partition coefficient (Wildman–Crippen LogP) is -1.29. The molecule has 1 amide bonds. The van der Waals surface area contributed by atoms with E-state index in [1.54, 1.807) is 0 Å². The van der Waals surface area contributed by atoms with Crippen molar-refractivity contribution < 1.29 is 9.53 Å². The molecule has 0 spiro atoms. The Kier molecular flexibility index (Phi) is 6.39. The van der Waals surface area contributed by atoms with Crippen LogP contribution in [0.4, 0.5) is 0 Å². The Morgan fingerprint density at radius 2 is 2.45 bits per heavy atom. The van der Waals surface area contributed by atoms with Gasteiger partial charge in [0.2, 0.25) is 5.91 Å². The van der Waals surface area contributed by atoms with E-state index in [4.69, 9.17) is 16.9 Å². The zero-order valence-electron chi connectivity index (χ0n) is 6.30. The van der Waals surface area contributed by atoms with Gasteiger partial charge < -0.3 is 15.8 Å². The first-order chi connectivity index (χ1) is 5.27. The number of nitrogens with one attached hydrogen (secondary N) is 1. The van der Waals surface area contributed by atoms with E-state index in [0.29, 0.717) is 19.7 Å². The second-order valence-electron chi connectivity index (χ2n) is 1.90. The number of amides is 1.